The molecule has 4 heteroatoms. The monoisotopic (exact) mass is 290 g/mol. The maximum Gasteiger partial charge on any atom is 0.310 e. The summed E-state index contributed by atoms with van der Waals surface area (Å²) in [7, 11) is 0. The van der Waals surface area contributed by atoms with Gasteiger partial charge in [-0.2, -0.15) is 0 Å². The highest BCUT2D eigenvalue weighted by Gasteiger charge is 2.10. The number of aryl methyl sites for hydroxylation is 1. The number of hydrogen-bond acceptors (Lipinski definition) is 3. The Morgan fingerprint density at radius 1 is 1.00 bits per heavy atom. The van der Waals surface area contributed by atoms with Crippen molar-refractivity contribution in [1.82, 2.24) is 0 Å². The summed E-state index contributed by atoms with van der Waals surface area (Å²) in [4.78, 5) is 33.5. The number of Topliss-reactive ketones (excluding diaryl/α,β-unsaturated/α-hetero) is 2. The molecular formula is C17H22O4. The fraction of sp³-hybridized carbons (Fsp3) is 0.471. The third-order valence-electron chi connectivity index (χ3n) is 3.30. The molecule has 4 nitrogen and oxygen atoms in total. The van der Waals surface area contributed by atoms with Crippen molar-refractivity contribution in [3.8, 4) is 0 Å². The lowest BCUT2D eigenvalue weighted by Crippen LogP contribution is -2.07. The number of ketones is 2. The highest BCUT2D eigenvalue weighted by atomic mass is 16.4. The number of unbranched alkanes of at least 4 members (excludes halogenated alkanes) is 1. The second-order valence-electron chi connectivity index (χ2n) is 5.19. The number of benzene rings is 1. The van der Waals surface area contributed by atoms with Crippen LogP contribution in [0, 0.1) is 0 Å². The molecule has 0 fully saturated rings. The van der Waals surface area contributed by atoms with Gasteiger partial charge in [0.05, 0.1) is 0 Å². The molecule has 0 aliphatic rings. The average Bonchev–Trinajstić information content (AvgIpc) is 2.44. The summed E-state index contributed by atoms with van der Waals surface area (Å²) >= 11 is 0. The minimum atomic E-state index is -1.12. The Hall–Kier alpha value is -1.97. The fourth-order valence-electron chi connectivity index (χ4n) is 2.09. The van der Waals surface area contributed by atoms with E-state index in [-0.39, 0.29) is 24.4 Å². The van der Waals surface area contributed by atoms with Crippen molar-refractivity contribution in [2.24, 2.45) is 0 Å². The molecule has 1 aromatic carbocycles. The van der Waals surface area contributed by atoms with Crippen LogP contribution in [0.2, 0.25) is 0 Å². The molecule has 0 amide bonds. The first kappa shape index (κ1) is 17.1. The van der Waals surface area contributed by atoms with E-state index in [2.05, 4.69) is 6.92 Å². The number of hydrogen-bond donors (Lipinski definition) is 1. The summed E-state index contributed by atoms with van der Waals surface area (Å²) < 4.78 is 0. The average molecular weight is 290 g/mol. The third kappa shape index (κ3) is 6.84. The summed E-state index contributed by atoms with van der Waals surface area (Å²) in [5.41, 5.74) is 1.88. The smallest absolute Gasteiger partial charge is 0.310 e. The summed E-state index contributed by atoms with van der Waals surface area (Å²) in [6.45, 7) is 2.14. The molecule has 0 atom stereocenters. The van der Waals surface area contributed by atoms with Gasteiger partial charge in [-0.15, -0.1) is 0 Å². The second kappa shape index (κ2) is 9.06. The van der Waals surface area contributed by atoms with Gasteiger partial charge in [-0.3, -0.25) is 14.4 Å². The fourth-order valence-corrected chi connectivity index (χ4v) is 2.09. The van der Waals surface area contributed by atoms with Crippen molar-refractivity contribution in [2.75, 3.05) is 0 Å². The Balaban J connectivity index is 2.38. The van der Waals surface area contributed by atoms with E-state index < -0.39 is 12.4 Å². The van der Waals surface area contributed by atoms with Crippen LogP contribution in [0.25, 0.3) is 0 Å². The van der Waals surface area contributed by atoms with Crippen LogP contribution in [0.5, 0.6) is 0 Å². The van der Waals surface area contributed by atoms with Crippen LogP contribution in [0.1, 0.15) is 61.4 Å². The van der Waals surface area contributed by atoms with Gasteiger partial charge in [-0.05, 0) is 24.8 Å². The Bertz CT molecular complexity index is 488. The van der Waals surface area contributed by atoms with Crippen LogP contribution >= 0.6 is 0 Å². The molecule has 0 bridgehead atoms. The summed E-state index contributed by atoms with van der Waals surface area (Å²) in [6, 6.07) is 7.59. The van der Waals surface area contributed by atoms with Gasteiger partial charge >= 0.3 is 5.97 Å². The molecule has 0 aliphatic carbocycles. The number of rotatable bonds is 10. The van der Waals surface area contributed by atoms with Gasteiger partial charge in [-0.25, -0.2) is 0 Å². The first-order chi connectivity index (χ1) is 10.0. The molecule has 1 N–H and O–H groups in total. The van der Waals surface area contributed by atoms with Crippen molar-refractivity contribution in [3.05, 3.63) is 35.4 Å². The van der Waals surface area contributed by atoms with Crippen molar-refractivity contribution < 1.29 is 19.5 Å². The van der Waals surface area contributed by atoms with Crippen LogP contribution in [0.3, 0.4) is 0 Å². The zero-order chi connectivity index (χ0) is 15.7. The molecule has 21 heavy (non-hydrogen) atoms. The van der Waals surface area contributed by atoms with Crippen LogP contribution in [-0.4, -0.2) is 22.6 Å². The number of carbonyl (C=O) groups excluding carboxylic acids is 2. The normalized spacial score (nSPS) is 10.3. The van der Waals surface area contributed by atoms with E-state index in [0.29, 0.717) is 12.0 Å². The standard InChI is InChI=1S/C17H22O4/c1-2-3-5-13-8-10-14(11-9-13)16(19)7-4-6-15(18)12-17(20)21/h8-11H,2-7,12H2,1H3,(H,20,21). The summed E-state index contributed by atoms with van der Waals surface area (Å²) in [5, 5.41) is 8.47. The topological polar surface area (TPSA) is 71.4 Å². The highest BCUT2D eigenvalue weighted by Crippen LogP contribution is 2.11. The molecule has 114 valence electrons. The molecule has 0 radical (unpaired) electrons. The Kier molecular flexibility index (Phi) is 7.37. The maximum atomic E-state index is 11.9. The highest BCUT2D eigenvalue weighted by molar-refractivity contribution is 5.97. The Morgan fingerprint density at radius 2 is 1.67 bits per heavy atom. The van der Waals surface area contributed by atoms with Gasteiger partial charge in [0, 0.05) is 18.4 Å². The zero-order valence-electron chi connectivity index (χ0n) is 12.4. The van der Waals surface area contributed by atoms with E-state index in [9.17, 15) is 14.4 Å². The molecular weight excluding hydrogens is 268 g/mol. The van der Waals surface area contributed by atoms with Crippen LogP contribution in [0.4, 0.5) is 0 Å². The van der Waals surface area contributed by atoms with E-state index in [1.807, 2.05) is 24.3 Å². The van der Waals surface area contributed by atoms with Crippen molar-refractivity contribution >= 4 is 17.5 Å². The Labute approximate surface area is 125 Å². The lowest BCUT2D eigenvalue weighted by atomic mass is 10.0. The van der Waals surface area contributed by atoms with E-state index >= 15 is 0 Å². The van der Waals surface area contributed by atoms with Gasteiger partial charge < -0.3 is 5.11 Å². The minimum Gasteiger partial charge on any atom is -0.481 e. The molecule has 0 aliphatic heterocycles. The number of aliphatic carboxylic acids is 1. The van der Waals surface area contributed by atoms with Crippen molar-refractivity contribution in [1.29, 1.82) is 0 Å². The Morgan fingerprint density at radius 3 is 2.24 bits per heavy atom. The van der Waals surface area contributed by atoms with E-state index in [0.717, 1.165) is 19.3 Å². The minimum absolute atomic E-state index is 0.000154. The lowest BCUT2D eigenvalue weighted by Gasteiger charge is -2.03. The largest absolute Gasteiger partial charge is 0.481 e. The van der Waals surface area contributed by atoms with Crippen molar-refractivity contribution in [3.63, 3.8) is 0 Å². The third-order valence-corrected chi connectivity index (χ3v) is 3.30. The molecule has 1 aromatic rings. The predicted octanol–water partition coefficient (Wildman–Crippen LogP) is 3.43. The van der Waals surface area contributed by atoms with Crippen LogP contribution < -0.4 is 0 Å². The predicted molar refractivity (Wildman–Crippen MR) is 80.5 cm³/mol. The van der Waals surface area contributed by atoms with Gasteiger partial charge in [0.2, 0.25) is 0 Å². The first-order valence-corrected chi connectivity index (χ1v) is 7.38. The van der Waals surface area contributed by atoms with Crippen molar-refractivity contribution in [2.45, 2.75) is 51.9 Å². The molecule has 1 rings (SSSR count). The van der Waals surface area contributed by atoms with Gasteiger partial charge in [0.15, 0.2) is 5.78 Å². The van der Waals surface area contributed by atoms with Gasteiger partial charge in [0.1, 0.15) is 12.2 Å². The molecule has 0 saturated heterocycles. The number of carboxylic acid groups (broad SMARTS) is 1. The lowest BCUT2D eigenvalue weighted by molar-refractivity contribution is -0.140. The van der Waals surface area contributed by atoms with Gasteiger partial charge in [-0.1, -0.05) is 37.6 Å². The van der Waals surface area contributed by atoms with E-state index in [1.54, 1.807) is 0 Å². The molecule has 0 aromatic heterocycles. The molecule has 0 heterocycles. The number of carboxylic acids is 1. The quantitative estimate of drug-likeness (QED) is 0.529. The molecule has 0 unspecified atom stereocenters. The summed E-state index contributed by atoms with van der Waals surface area (Å²) in [5.74, 6) is -1.45. The summed E-state index contributed by atoms with van der Waals surface area (Å²) in [6.07, 6.45) is 3.67. The molecule has 0 saturated carbocycles. The first-order valence-electron chi connectivity index (χ1n) is 7.38. The SMILES string of the molecule is CCCCc1ccc(C(=O)CCCC(=O)CC(=O)O)cc1. The van der Waals surface area contributed by atoms with E-state index in [1.165, 1.54) is 5.56 Å². The van der Waals surface area contributed by atoms with Gasteiger partial charge in [0.25, 0.3) is 0 Å². The zero-order valence-corrected chi connectivity index (χ0v) is 12.4. The second-order valence-corrected chi connectivity index (χ2v) is 5.19. The van der Waals surface area contributed by atoms with Crippen LogP contribution in [-0.2, 0) is 16.0 Å². The maximum absolute atomic E-state index is 11.9. The van der Waals surface area contributed by atoms with Crippen LogP contribution in [0.15, 0.2) is 24.3 Å². The van der Waals surface area contributed by atoms with E-state index in [4.69, 9.17) is 5.11 Å². The number of carbonyl (C=O) groups is 3. The molecule has 0 spiro atoms.